The van der Waals surface area contributed by atoms with E-state index in [0.717, 1.165) is 4.68 Å². The van der Waals surface area contributed by atoms with E-state index in [0.29, 0.717) is 28.2 Å². The molecule has 0 unspecified atom stereocenters. The fourth-order valence-corrected chi connectivity index (χ4v) is 2.91. The van der Waals surface area contributed by atoms with Gasteiger partial charge in [0.2, 0.25) is 6.79 Å². The molecule has 138 valence electrons. The Balaban J connectivity index is 1.54. The van der Waals surface area contributed by atoms with Crippen LogP contribution in [0, 0.1) is 4.77 Å². The molecule has 1 aliphatic rings. The standard InChI is InChI=1S/C18H15N3O5S/c1-10(26-11-6-7-14-15(8-11)25-9-24-14)16(22)20-21-17(23)12-4-2-3-5-13(12)19-18(21)27/h2-8,10H,9H2,1H3,(H,19,27)(H,20,22)/t10-/m1/s1. The number of carbonyl (C=O) groups excluding carboxylic acids is 1. The number of rotatable bonds is 4. The number of aromatic nitrogens is 2. The van der Waals surface area contributed by atoms with Gasteiger partial charge < -0.3 is 19.2 Å². The monoisotopic (exact) mass is 385 g/mol. The summed E-state index contributed by atoms with van der Waals surface area (Å²) in [4.78, 5) is 28.0. The molecular weight excluding hydrogens is 370 g/mol. The zero-order valence-electron chi connectivity index (χ0n) is 14.2. The van der Waals surface area contributed by atoms with Crippen LogP contribution >= 0.6 is 12.2 Å². The molecule has 0 saturated heterocycles. The molecule has 4 rings (SSSR count). The van der Waals surface area contributed by atoms with Gasteiger partial charge in [0.15, 0.2) is 22.4 Å². The number of benzene rings is 2. The van der Waals surface area contributed by atoms with E-state index in [1.165, 1.54) is 0 Å². The third-order valence-corrected chi connectivity index (χ3v) is 4.34. The van der Waals surface area contributed by atoms with Crippen molar-refractivity contribution in [3.05, 3.63) is 57.6 Å². The van der Waals surface area contributed by atoms with Crippen molar-refractivity contribution in [1.82, 2.24) is 9.66 Å². The van der Waals surface area contributed by atoms with Gasteiger partial charge in [-0.3, -0.25) is 15.0 Å². The molecule has 0 aliphatic carbocycles. The summed E-state index contributed by atoms with van der Waals surface area (Å²) in [6, 6.07) is 11.9. The van der Waals surface area contributed by atoms with E-state index in [1.54, 1.807) is 49.4 Å². The van der Waals surface area contributed by atoms with Gasteiger partial charge in [-0.05, 0) is 43.4 Å². The number of fused-ring (bicyclic) bond motifs is 2. The molecule has 0 fully saturated rings. The lowest BCUT2D eigenvalue weighted by atomic mass is 10.2. The summed E-state index contributed by atoms with van der Waals surface area (Å²) in [6.07, 6.45) is -0.877. The van der Waals surface area contributed by atoms with Gasteiger partial charge in [-0.25, -0.2) is 0 Å². The molecule has 2 heterocycles. The van der Waals surface area contributed by atoms with Gasteiger partial charge in [0.1, 0.15) is 5.75 Å². The Hall–Kier alpha value is -3.33. The highest BCUT2D eigenvalue weighted by atomic mass is 32.1. The van der Waals surface area contributed by atoms with Gasteiger partial charge in [-0.15, -0.1) is 0 Å². The molecule has 27 heavy (non-hydrogen) atoms. The molecule has 3 aromatic rings. The van der Waals surface area contributed by atoms with Crippen LogP contribution in [0.5, 0.6) is 17.2 Å². The maximum Gasteiger partial charge on any atom is 0.281 e. The first-order chi connectivity index (χ1) is 13.0. The molecular formula is C18H15N3O5S. The molecule has 1 amide bonds. The van der Waals surface area contributed by atoms with E-state index in [-0.39, 0.29) is 11.6 Å². The van der Waals surface area contributed by atoms with E-state index in [1.807, 2.05) is 0 Å². The first kappa shape index (κ1) is 17.1. The van der Waals surface area contributed by atoms with Crippen molar-refractivity contribution in [3.8, 4) is 17.2 Å². The smallest absolute Gasteiger partial charge is 0.281 e. The molecule has 0 radical (unpaired) electrons. The van der Waals surface area contributed by atoms with Crippen molar-refractivity contribution in [2.45, 2.75) is 13.0 Å². The van der Waals surface area contributed by atoms with E-state index in [4.69, 9.17) is 26.4 Å². The third kappa shape index (κ3) is 3.24. The third-order valence-electron chi connectivity index (χ3n) is 4.05. The van der Waals surface area contributed by atoms with Crippen LogP contribution in [0.3, 0.4) is 0 Å². The first-order valence-electron chi connectivity index (χ1n) is 8.14. The van der Waals surface area contributed by atoms with E-state index >= 15 is 0 Å². The number of amides is 1. The number of hydrogen-bond donors (Lipinski definition) is 2. The van der Waals surface area contributed by atoms with E-state index in [9.17, 15) is 9.59 Å². The summed E-state index contributed by atoms with van der Waals surface area (Å²) in [5.74, 6) is 1.09. The largest absolute Gasteiger partial charge is 0.481 e. The number of aromatic amines is 1. The fraction of sp³-hybridized carbons (Fsp3) is 0.167. The minimum Gasteiger partial charge on any atom is -0.481 e. The van der Waals surface area contributed by atoms with Gasteiger partial charge in [0, 0.05) is 6.07 Å². The average molecular weight is 385 g/mol. The number of carbonyl (C=O) groups is 1. The summed E-state index contributed by atoms with van der Waals surface area (Å²) >= 11 is 5.18. The van der Waals surface area contributed by atoms with Gasteiger partial charge in [-0.2, -0.15) is 4.68 Å². The molecule has 0 bridgehead atoms. The van der Waals surface area contributed by atoms with E-state index in [2.05, 4.69) is 10.4 Å². The van der Waals surface area contributed by atoms with Crippen molar-refractivity contribution in [1.29, 1.82) is 0 Å². The van der Waals surface area contributed by atoms with Crippen molar-refractivity contribution < 1.29 is 19.0 Å². The maximum atomic E-state index is 12.6. The molecule has 1 atom stereocenters. The molecule has 2 aromatic carbocycles. The lowest BCUT2D eigenvalue weighted by Crippen LogP contribution is -2.40. The molecule has 2 N–H and O–H groups in total. The highest BCUT2D eigenvalue weighted by Gasteiger charge is 2.19. The van der Waals surface area contributed by atoms with Crippen molar-refractivity contribution in [2.24, 2.45) is 0 Å². The van der Waals surface area contributed by atoms with Crippen molar-refractivity contribution >= 4 is 29.0 Å². The minimum absolute atomic E-state index is 0.0855. The highest BCUT2D eigenvalue weighted by Crippen LogP contribution is 2.35. The number of ether oxygens (including phenoxy) is 3. The van der Waals surface area contributed by atoms with Crippen LogP contribution in [0.15, 0.2) is 47.3 Å². The Morgan fingerprint density at radius 3 is 2.89 bits per heavy atom. The number of H-pyrrole nitrogens is 1. The van der Waals surface area contributed by atoms with Crippen LogP contribution < -0.4 is 25.2 Å². The second kappa shape index (κ2) is 6.76. The Kier molecular flexibility index (Phi) is 4.28. The van der Waals surface area contributed by atoms with Crippen LogP contribution in [0.2, 0.25) is 0 Å². The van der Waals surface area contributed by atoms with Gasteiger partial charge in [0.05, 0.1) is 10.9 Å². The summed E-state index contributed by atoms with van der Waals surface area (Å²) < 4.78 is 17.2. The molecule has 1 aromatic heterocycles. The Morgan fingerprint density at radius 2 is 2.04 bits per heavy atom. The molecule has 9 heteroatoms. The summed E-state index contributed by atoms with van der Waals surface area (Å²) in [7, 11) is 0. The van der Waals surface area contributed by atoms with Gasteiger partial charge in [0.25, 0.3) is 11.5 Å². The Bertz CT molecular complexity index is 1150. The summed E-state index contributed by atoms with van der Waals surface area (Å²) in [6.45, 7) is 1.72. The molecule has 1 aliphatic heterocycles. The van der Waals surface area contributed by atoms with E-state index < -0.39 is 17.6 Å². The second-order valence-electron chi connectivity index (χ2n) is 5.87. The average Bonchev–Trinajstić information content (AvgIpc) is 3.12. The number of para-hydroxylation sites is 1. The zero-order valence-corrected chi connectivity index (χ0v) is 15.0. The summed E-state index contributed by atoms with van der Waals surface area (Å²) in [5, 5.41) is 0.413. The molecule has 0 spiro atoms. The zero-order chi connectivity index (χ0) is 19.0. The summed E-state index contributed by atoms with van der Waals surface area (Å²) in [5.41, 5.74) is 2.67. The quantitative estimate of drug-likeness (QED) is 0.670. The second-order valence-corrected chi connectivity index (χ2v) is 6.25. The lowest BCUT2D eigenvalue weighted by molar-refractivity contribution is -0.123. The molecule has 8 nitrogen and oxygen atoms in total. The Labute approximate surface area is 158 Å². The van der Waals surface area contributed by atoms with Crippen LogP contribution in [0.1, 0.15) is 6.92 Å². The maximum absolute atomic E-state index is 12.6. The van der Waals surface area contributed by atoms with Crippen LogP contribution in [0.25, 0.3) is 10.9 Å². The number of hydrogen-bond acceptors (Lipinski definition) is 6. The normalized spacial score (nSPS) is 13.4. The van der Waals surface area contributed by atoms with Gasteiger partial charge in [-0.1, -0.05) is 12.1 Å². The Morgan fingerprint density at radius 1 is 1.26 bits per heavy atom. The predicted octanol–water partition coefficient (Wildman–Crippen LogP) is 2.33. The van der Waals surface area contributed by atoms with Crippen LogP contribution in [-0.2, 0) is 4.79 Å². The number of nitrogens with one attached hydrogen (secondary N) is 2. The van der Waals surface area contributed by atoms with Crippen LogP contribution in [-0.4, -0.2) is 28.5 Å². The topological polar surface area (TPSA) is 94.6 Å². The highest BCUT2D eigenvalue weighted by molar-refractivity contribution is 7.71. The van der Waals surface area contributed by atoms with Crippen molar-refractivity contribution in [3.63, 3.8) is 0 Å². The molecule has 0 saturated carbocycles. The van der Waals surface area contributed by atoms with Gasteiger partial charge >= 0.3 is 0 Å². The number of nitrogens with zero attached hydrogens (tertiary/aromatic N) is 1. The fourth-order valence-electron chi connectivity index (χ4n) is 2.67. The lowest BCUT2D eigenvalue weighted by Gasteiger charge is -2.16. The predicted molar refractivity (Wildman–Crippen MR) is 100 cm³/mol. The minimum atomic E-state index is -0.877. The first-order valence-corrected chi connectivity index (χ1v) is 8.55. The van der Waals surface area contributed by atoms with Crippen LogP contribution in [0.4, 0.5) is 0 Å². The SMILES string of the molecule is C[C@@H](Oc1ccc2c(c1)OCO2)C(=O)Nn1c(=S)[nH]c2ccccc2c1=O. The van der Waals surface area contributed by atoms with Crippen molar-refractivity contribution in [2.75, 3.05) is 12.2 Å².